The first kappa shape index (κ1) is 20.7. The molecule has 31 heavy (non-hydrogen) atoms. The number of halogens is 2. The molecule has 0 bridgehead atoms. The number of nitrogen functional groups attached to an aromatic ring is 1. The van der Waals surface area contributed by atoms with Crippen molar-refractivity contribution >= 4 is 17.1 Å². The molecule has 9 nitrogen and oxygen atoms in total. The summed E-state index contributed by atoms with van der Waals surface area (Å²) in [6, 6.07) is 12.6. The molecule has 0 saturated carbocycles. The van der Waals surface area contributed by atoms with Crippen LogP contribution in [-0.4, -0.2) is 34.0 Å². The third-order valence-corrected chi connectivity index (χ3v) is 4.87. The Hall–Kier alpha value is -3.61. The van der Waals surface area contributed by atoms with Crippen molar-refractivity contribution in [3.63, 3.8) is 0 Å². The average Bonchev–Trinajstić information content (AvgIpc) is 3.24. The van der Waals surface area contributed by atoms with Crippen molar-refractivity contribution < 1.29 is 17.5 Å². The summed E-state index contributed by atoms with van der Waals surface area (Å²) in [4.78, 5) is 4.18. The normalized spacial score (nSPS) is 12.1. The van der Waals surface area contributed by atoms with Crippen LogP contribution in [0.1, 0.15) is 5.56 Å². The van der Waals surface area contributed by atoms with E-state index < -0.39 is 22.9 Å². The van der Waals surface area contributed by atoms with Crippen molar-refractivity contribution in [1.29, 1.82) is 0 Å². The number of rotatable bonds is 6. The molecule has 1 unspecified atom stereocenters. The maximum atomic E-state index is 14.3. The summed E-state index contributed by atoms with van der Waals surface area (Å²) in [5.74, 6) is -1.91. The van der Waals surface area contributed by atoms with E-state index in [-0.39, 0.29) is 23.9 Å². The Balaban J connectivity index is 1.71. The van der Waals surface area contributed by atoms with E-state index in [4.69, 9.17) is 10.3 Å². The molecule has 158 valence electrons. The van der Waals surface area contributed by atoms with Gasteiger partial charge in [-0.2, -0.15) is 4.68 Å². The summed E-state index contributed by atoms with van der Waals surface area (Å²) in [5, 5.41) is 11.3. The molecule has 12 heteroatoms. The van der Waals surface area contributed by atoms with Crippen molar-refractivity contribution in [1.82, 2.24) is 29.9 Å². The van der Waals surface area contributed by atoms with Gasteiger partial charge < -0.3 is 5.73 Å². The molecule has 4 aromatic rings. The highest BCUT2D eigenvalue weighted by molar-refractivity contribution is 7.77. The number of nitrogens with zero attached hydrogens (tertiary/aromatic N) is 5. The number of hydrogen-bond acceptors (Lipinski definition) is 6. The van der Waals surface area contributed by atoms with Gasteiger partial charge >= 0.3 is 0 Å². The van der Waals surface area contributed by atoms with Crippen LogP contribution in [0.15, 0.2) is 54.7 Å². The predicted molar refractivity (Wildman–Crippen MR) is 110 cm³/mol. The van der Waals surface area contributed by atoms with Gasteiger partial charge in [0.1, 0.15) is 11.5 Å². The Morgan fingerprint density at radius 1 is 1.13 bits per heavy atom. The summed E-state index contributed by atoms with van der Waals surface area (Å²) in [5.41, 5.74) is 8.47. The molecule has 1 atom stereocenters. The molecule has 0 aliphatic rings. The van der Waals surface area contributed by atoms with Crippen molar-refractivity contribution in [2.75, 3.05) is 5.73 Å². The van der Waals surface area contributed by atoms with Crippen molar-refractivity contribution in [2.45, 2.75) is 6.54 Å². The number of tetrazole rings is 1. The smallest absolute Gasteiger partial charge is 0.232 e. The summed E-state index contributed by atoms with van der Waals surface area (Å²) in [7, 11) is 0. The van der Waals surface area contributed by atoms with Gasteiger partial charge in [0.25, 0.3) is 0 Å². The second-order valence-corrected chi connectivity index (χ2v) is 7.20. The van der Waals surface area contributed by atoms with Crippen LogP contribution in [0.25, 0.3) is 28.2 Å². The summed E-state index contributed by atoms with van der Waals surface area (Å²) in [6.07, 6.45) is 1.56. The van der Waals surface area contributed by atoms with E-state index in [1.54, 1.807) is 24.4 Å². The minimum absolute atomic E-state index is 0.0996. The van der Waals surface area contributed by atoms with E-state index >= 15 is 0 Å². The lowest BCUT2D eigenvalue weighted by molar-refractivity contribution is 0.501. The number of hydrogen-bond donors (Lipinski definition) is 3. The van der Waals surface area contributed by atoms with Crippen molar-refractivity contribution in [2.24, 2.45) is 0 Å². The van der Waals surface area contributed by atoms with E-state index in [0.717, 1.165) is 21.9 Å². The Labute approximate surface area is 177 Å². The van der Waals surface area contributed by atoms with Crippen LogP contribution in [0, 0.1) is 11.6 Å². The summed E-state index contributed by atoms with van der Waals surface area (Å²) < 4.78 is 50.9. The maximum Gasteiger partial charge on any atom is 0.232 e. The van der Waals surface area contributed by atoms with E-state index in [1.807, 2.05) is 12.1 Å². The molecule has 0 fully saturated rings. The predicted octanol–water partition coefficient (Wildman–Crippen LogP) is 2.48. The Morgan fingerprint density at radius 2 is 1.90 bits per heavy atom. The Morgan fingerprint density at radius 3 is 2.65 bits per heavy atom. The fourth-order valence-electron chi connectivity index (χ4n) is 2.95. The van der Waals surface area contributed by atoms with E-state index in [9.17, 15) is 13.0 Å². The molecule has 2 heterocycles. The van der Waals surface area contributed by atoms with Gasteiger partial charge in [0, 0.05) is 18.3 Å². The van der Waals surface area contributed by atoms with E-state index in [2.05, 4.69) is 25.2 Å². The van der Waals surface area contributed by atoms with Gasteiger partial charge in [-0.3, -0.25) is 4.55 Å². The molecule has 2 aromatic carbocycles. The Bertz CT molecular complexity index is 1260. The minimum Gasteiger partial charge on any atom is -0.383 e. The zero-order valence-corrected chi connectivity index (χ0v) is 16.6. The zero-order valence-electron chi connectivity index (χ0n) is 15.7. The quantitative estimate of drug-likeness (QED) is 0.390. The number of anilines is 1. The highest BCUT2D eigenvalue weighted by atomic mass is 32.2. The molecule has 4 N–H and O–H groups in total. The van der Waals surface area contributed by atoms with Gasteiger partial charge in [-0.1, -0.05) is 30.3 Å². The third kappa shape index (κ3) is 4.30. The second kappa shape index (κ2) is 8.63. The number of nitrogens with two attached hydrogens (primary N) is 1. The largest absolute Gasteiger partial charge is 0.383 e. The lowest BCUT2D eigenvalue weighted by Gasteiger charge is -2.10. The Kier molecular flexibility index (Phi) is 5.75. The van der Waals surface area contributed by atoms with E-state index in [0.29, 0.717) is 11.1 Å². The lowest BCUT2D eigenvalue weighted by atomic mass is 10.0. The monoisotopic (exact) mass is 443 g/mol. The molecular formula is C19H15F2N7O2S. The minimum atomic E-state index is -2.10. The average molecular weight is 443 g/mol. The lowest BCUT2D eigenvalue weighted by Crippen LogP contribution is -2.15. The molecule has 0 saturated heterocycles. The first-order chi connectivity index (χ1) is 14.9. The number of aromatic nitrogens is 5. The van der Waals surface area contributed by atoms with E-state index in [1.165, 1.54) is 12.1 Å². The highest BCUT2D eigenvalue weighted by Crippen LogP contribution is 2.30. The molecule has 0 radical (unpaired) electrons. The van der Waals surface area contributed by atoms with Gasteiger partial charge in [-0.15, -0.1) is 5.10 Å². The molecule has 0 amide bonds. The molecule has 4 rings (SSSR count). The SMILES string of the molecule is Nc1ncc(-c2ccc(CNS(=O)O)cc2)cc1-c1nnnn1-c1cccc(F)c1F. The topological polar surface area (TPSA) is 132 Å². The van der Waals surface area contributed by atoms with Crippen LogP contribution < -0.4 is 10.5 Å². The van der Waals surface area contributed by atoms with Crippen LogP contribution in [0.5, 0.6) is 0 Å². The number of nitrogens with one attached hydrogen (secondary N) is 1. The molecule has 0 aliphatic carbocycles. The van der Waals surface area contributed by atoms with Crippen molar-refractivity contribution in [3.05, 3.63) is 71.9 Å². The third-order valence-electron chi connectivity index (χ3n) is 4.48. The second-order valence-electron chi connectivity index (χ2n) is 6.41. The van der Waals surface area contributed by atoms with Gasteiger partial charge in [0.15, 0.2) is 17.5 Å². The maximum absolute atomic E-state index is 14.3. The summed E-state index contributed by atoms with van der Waals surface area (Å²) in [6.45, 7) is 0.225. The zero-order chi connectivity index (χ0) is 22.0. The number of pyridine rings is 1. The van der Waals surface area contributed by atoms with Crippen LogP contribution in [0.4, 0.5) is 14.6 Å². The highest BCUT2D eigenvalue weighted by Gasteiger charge is 2.19. The molecule has 0 aliphatic heterocycles. The van der Waals surface area contributed by atoms with Gasteiger partial charge in [-0.05, 0) is 39.8 Å². The fraction of sp³-hybridized carbons (Fsp3) is 0.0526. The van der Waals surface area contributed by atoms with Crippen LogP contribution in [0.3, 0.4) is 0 Å². The molecular weight excluding hydrogens is 428 g/mol. The number of benzene rings is 2. The van der Waals surface area contributed by atoms with Gasteiger partial charge in [-0.25, -0.2) is 22.7 Å². The summed E-state index contributed by atoms with van der Waals surface area (Å²) >= 11 is -2.10. The first-order valence-electron chi connectivity index (χ1n) is 8.86. The molecule has 0 spiro atoms. The van der Waals surface area contributed by atoms with Crippen LogP contribution >= 0.6 is 0 Å². The van der Waals surface area contributed by atoms with Crippen LogP contribution in [-0.2, 0) is 17.8 Å². The first-order valence-corrected chi connectivity index (χ1v) is 9.97. The standard InChI is InChI=1S/C19H15F2N7O2S/c20-15-2-1-3-16(17(15)21)28-19(25-26-27-28)14-8-13(10-23-18(14)22)12-6-4-11(5-7-12)9-24-31(29)30/h1-8,10,24H,9H2,(H2,22,23)(H,29,30). The molecule has 2 aromatic heterocycles. The fourth-order valence-corrected chi connectivity index (χ4v) is 3.24. The van der Waals surface area contributed by atoms with Crippen LogP contribution in [0.2, 0.25) is 0 Å². The van der Waals surface area contributed by atoms with Gasteiger partial charge in [0.2, 0.25) is 11.3 Å². The van der Waals surface area contributed by atoms with Gasteiger partial charge in [0.05, 0.1) is 5.56 Å². The van der Waals surface area contributed by atoms with Crippen molar-refractivity contribution in [3.8, 4) is 28.2 Å².